The van der Waals surface area contributed by atoms with Crippen LogP contribution in [0.15, 0.2) is 29.2 Å². The molecule has 1 aromatic rings. The van der Waals surface area contributed by atoms with Crippen molar-refractivity contribution >= 4 is 17.4 Å². The normalized spacial score (nSPS) is 16.6. The Kier molecular flexibility index (Phi) is 4.58. The molecule has 1 aliphatic carbocycles. The first-order valence-corrected chi connectivity index (χ1v) is 7.27. The highest BCUT2D eigenvalue weighted by Gasteiger charge is 2.17. The molecule has 0 amide bonds. The molecule has 1 aliphatic rings. The van der Waals surface area contributed by atoms with E-state index in [1.54, 1.807) is 0 Å². The number of para-hydroxylation sites is 1. The van der Waals surface area contributed by atoms with Gasteiger partial charge in [0.1, 0.15) is 0 Å². The second kappa shape index (κ2) is 6.19. The van der Waals surface area contributed by atoms with Crippen molar-refractivity contribution in [2.45, 2.75) is 49.2 Å². The predicted octanol–water partition coefficient (Wildman–Crippen LogP) is 4.54. The summed E-state index contributed by atoms with van der Waals surface area (Å²) in [7, 11) is 0. The van der Waals surface area contributed by atoms with Crippen molar-refractivity contribution in [1.82, 2.24) is 0 Å². The van der Waals surface area contributed by atoms with E-state index in [1.165, 1.54) is 42.7 Å². The Hall–Kier alpha value is -0.630. The van der Waals surface area contributed by atoms with E-state index in [4.69, 9.17) is 0 Å². The summed E-state index contributed by atoms with van der Waals surface area (Å²) in [6.45, 7) is 3.28. The molecule has 0 atom stereocenters. The van der Waals surface area contributed by atoms with E-state index in [0.29, 0.717) is 0 Å². The van der Waals surface area contributed by atoms with E-state index in [2.05, 4.69) is 48.3 Å². The average molecular weight is 235 g/mol. The number of hydrogen-bond donors (Lipinski definition) is 1. The van der Waals surface area contributed by atoms with Crippen LogP contribution in [0.5, 0.6) is 0 Å². The van der Waals surface area contributed by atoms with Gasteiger partial charge in [-0.15, -0.1) is 11.8 Å². The fourth-order valence-corrected chi connectivity index (χ4v) is 3.51. The molecule has 0 aliphatic heterocycles. The van der Waals surface area contributed by atoms with Gasteiger partial charge in [0.2, 0.25) is 0 Å². The lowest BCUT2D eigenvalue weighted by Crippen LogP contribution is -2.02. The van der Waals surface area contributed by atoms with Gasteiger partial charge in [0.15, 0.2) is 0 Å². The summed E-state index contributed by atoms with van der Waals surface area (Å²) in [6, 6.07) is 8.72. The zero-order valence-electron chi connectivity index (χ0n) is 10.0. The van der Waals surface area contributed by atoms with Gasteiger partial charge < -0.3 is 5.32 Å². The molecule has 0 spiro atoms. The summed E-state index contributed by atoms with van der Waals surface area (Å²) in [5.41, 5.74) is 1.32. The van der Waals surface area contributed by atoms with Gasteiger partial charge in [0.05, 0.1) is 0 Å². The van der Waals surface area contributed by atoms with Gasteiger partial charge in [-0.25, -0.2) is 0 Å². The van der Waals surface area contributed by atoms with Crippen LogP contribution in [-0.4, -0.2) is 11.8 Å². The molecule has 1 fully saturated rings. The highest BCUT2D eigenvalue weighted by molar-refractivity contribution is 8.00. The molecule has 2 rings (SSSR count). The number of anilines is 1. The van der Waals surface area contributed by atoms with Gasteiger partial charge in [-0.2, -0.15) is 0 Å². The second-order valence-corrected chi connectivity index (χ2v) is 5.79. The van der Waals surface area contributed by atoms with Crippen molar-refractivity contribution in [1.29, 1.82) is 0 Å². The maximum absolute atomic E-state index is 3.52. The number of thioether (sulfide) groups is 1. The fourth-order valence-electron chi connectivity index (χ4n) is 2.16. The lowest BCUT2D eigenvalue weighted by molar-refractivity contribution is 0.886. The lowest BCUT2D eigenvalue weighted by Gasteiger charge is -2.14. The average Bonchev–Trinajstić information content (AvgIpc) is 2.81. The van der Waals surface area contributed by atoms with Gasteiger partial charge in [0, 0.05) is 22.4 Å². The van der Waals surface area contributed by atoms with Crippen molar-refractivity contribution in [3.8, 4) is 0 Å². The first-order valence-electron chi connectivity index (χ1n) is 6.39. The molecule has 0 unspecified atom stereocenters. The molecule has 1 N–H and O–H groups in total. The molecule has 1 aromatic carbocycles. The molecule has 0 heterocycles. The molecule has 0 aromatic heterocycles. The number of benzene rings is 1. The molecular formula is C14H21NS. The van der Waals surface area contributed by atoms with Crippen molar-refractivity contribution in [3.63, 3.8) is 0 Å². The Morgan fingerprint density at radius 3 is 2.75 bits per heavy atom. The minimum Gasteiger partial charge on any atom is -0.384 e. The van der Waals surface area contributed by atoms with E-state index >= 15 is 0 Å². The third kappa shape index (κ3) is 3.18. The third-order valence-corrected chi connectivity index (χ3v) is 4.46. The number of hydrogen-bond acceptors (Lipinski definition) is 2. The van der Waals surface area contributed by atoms with E-state index < -0.39 is 0 Å². The first-order chi connectivity index (χ1) is 7.90. The standard InChI is InChI=1S/C14H21NS/c1-2-11-15-13-9-5-6-10-14(13)16-12-7-3-4-8-12/h5-6,9-10,12,15H,2-4,7-8,11H2,1H3. The molecule has 0 saturated heterocycles. The largest absolute Gasteiger partial charge is 0.384 e. The smallest absolute Gasteiger partial charge is 0.0478 e. The predicted molar refractivity (Wildman–Crippen MR) is 73.3 cm³/mol. The highest BCUT2D eigenvalue weighted by atomic mass is 32.2. The van der Waals surface area contributed by atoms with Gasteiger partial charge in [-0.05, 0) is 31.4 Å². The quantitative estimate of drug-likeness (QED) is 0.804. The van der Waals surface area contributed by atoms with E-state index in [1.807, 2.05) is 0 Å². The molecule has 0 bridgehead atoms. The molecule has 0 radical (unpaired) electrons. The van der Waals surface area contributed by atoms with Crippen LogP contribution in [0.3, 0.4) is 0 Å². The van der Waals surface area contributed by atoms with E-state index in [0.717, 1.165) is 11.8 Å². The van der Waals surface area contributed by atoms with Crippen LogP contribution in [-0.2, 0) is 0 Å². The van der Waals surface area contributed by atoms with Crippen LogP contribution in [0.4, 0.5) is 5.69 Å². The lowest BCUT2D eigenvalue weighted by atomic mass is 10.3. The van der Waals surface area contributed by atoms with Crippen LogP contribution in [0.1, 0.15) is 39.0 Å². The van der Waals surface area contributed by atoms with Gasteiger partial charge in [0.25, 0.3) is 0 Å². The minimum atomic E-state index is 0.851. The van der Waals surface area contributed by atoms with Crippen molar-refractivity contribution in [3.05, 3.63) is 24.3 Å². The Morgan fingerprint density at radius 2 is 2.00 bits per heavy atom. The Morgan fingerprint density at radius 1 is 1.25 bits per heavy atom. The maximum atomic E-state index is 3.52. The summed E-state index contributed by atoms with van der Waals surface area (Å²) >= 11 is 2.07. The summed E-state index contributed by atoms with van der Waals surface area (Å²) in [4.78, 5) is 1.43. The first kappa shape index (κ1) is 11.8. The maximum Gasteiger partial charge on any atom is 0.0478 e. The summed E-state index contributed by atoms with van der Waals surface area (Å²) in [5.74, 6) is 0. The van der Waals surface area contributed by atoms with Gasteiger partial charge in [-0.1, -0.05) is 31.9 Å². The molecule has 1 nitrogen and oxygen atoms in total. The van der Waals surface area contributed by atoms with Crippen molar-refractivity contribution < 1.29 is 0 Å². The van der Waals surface area contributed by atoms with Crippen LogP contribution in [0.25, 0.3) is 0 Å². The zero-order valence-corrected chi connectivity index (χ0v) is 10.9. The zero-order chi connectivity index (χ0) is 11.2. The van der Waals surface area contributed by atoms with Gasteiger partial charge in [-0.3, -0.25) is 0 Å². The molecule has 2 heteroatoms. The monoisotopic (exact) mass is 235 g/mol. The highest BCUT2D eigenvalue weighted by Crippen LogP contribution is 2.37. The molecule has 1 saturated carbocycles. The van der Waals surface area contributed by atoms with E-state index in [-0.39, 0.29) is 0 Å². The van der Waals surface area contributed by atoms with Crippen LogP contribution in [0, 0.1) is 0 Å². The SMILES string of the molecule is CCCNc1ccccc1SC1CCCC1. The van der Waals surface area contributed by atoms with Crippen molar-refractivity contribution in [2.24, 2.45) is 0 Å². The molecule has 16 heavy (non-hydrogen) atoms. The van der Waals surface area contributed by atoms with Crippen LogP contribution < -0.4 is 5.32 Å². The van der Waals surface area contributed by atoms with Crippen LogP contribution in [0.2, 0.25) is 0 Å². The second-order valence-electron chi connectivity index (χ2n) is 4.45. The number of nitrogens with one attached hydrogen (secondary N) is 1. The van der Waals surface area contributed by atoms with E-state index in [9.17, 15) is 0 Å². The Labute approximate surface area is 103 Å². The van der Waals surface area contributed by atoms with Gasteiger partial charge >= 0.3 is 0 Å². The fraction of sp³-hybridized carbons (Fsp3) is 0.571. The Bertz CT molecular complexity index is 318. The Balaban J connectivity index is 2.00. The topological polar surface area (TPSA) is 12.0 Å². The summed E-state index contributed by atoms with van der Waals surface area (Å²) < 4.78 is 0. The summed E-state index contributed by atoms with van der Waals surface area (Å²) in [6.07, 6.45) is 6.81. The van der Waals surface area contributed by atoms with Crippen molar-refractivity contribution in [2.75, 3.05) is 11.9 Å². The minimum absolute atomic E-state index is 0.851. The molecular weight excluding hydrogens is 214 g/mol. The number of rotatable bonds is 5. The van der Waals surface area contributed by atoms with Crippen LogP contribution >= 0.6 is 11.8 Å². The third-order valence-electron chi connectivity index (χ3n) is 3.05. The summed E-state index contributed by atoms with van der Waals surface area (Å²) in [5, 5.41) is 4.37. The molecule has 88 valence electrons.